The van der Waals surface area contributed by atoms with Crippen LogP contribution in [0.2, 0.25) is 18.1 Å². The lowest BCUT2D eigenvalue weighted by molar-refractivity contribution is 0.0601. The van der Waals surface area contributed by atoms with Gasteiger partial charge in [-0.3, -0.25) is 0 Å². The van der Waals surface area contributed by atoms with Crippen LogP contribution in [0.3, 0.4) is 0 Å². The molecule has 1 heterocycles. The number of H-pyrrole nitrogens is 1. The van der Waals surface area contributed by atoms with Crippen LogP contribution in [0.5, 0.6) is 5.75 Å². The second-order valence-corrected chi connectivity index (χ2v) is 17.6. The SMILES string of the molecule is C=CC[C@@H](COc1ccccc1-c1[nH]c2cc(C(=O)OC)ccc2c1C1CCCCC1)CO[Si](C)(C)C(C)(C)C. The van der Waals surface area contributed by atoms with Crippen LogP contribution < -0.4 is 4.74 Å². The number of hydrogen-bond donors (Lipinski definition) is 1. The fraction of sp³-hybridized carbons (Fsp3) is 0.500. The number of carbonyl (C=O) groups is 1. The average molecular weight is 562 g/mol. The Bertz CT molecular complexity index is 1310. The number of rotatable bonds is 11. The van der Waals surface area contributed by atoms with Crippen molar-refractivity contribution in [1.29, 1.82) is 0 Å². The summed E-state index contributed by atoms with van der Waals surface area (Å²) in [6.07, 6.45) is 8.93. The Hall–Kier alpha value is -2.83. The van der Waals surface area contributed by atoms with Crippen LogP contribution in [0.1, 0.15) is 81.1 Å². The molecule has 1 saturated carbocycles. The summed E-state index contributed by atoms with van der Waals surface area (Å²) in [6.45, 7) is 16.6. The summed E-state index contributed by atoms with van der Waals surface area (Å²) in [6, 6.07) is 14.2. The number of carbonyl (C=O) groups excluding carboxylic acids is 1. The van der Waals surface area contributed by atoms with Crippen molar-refractivity contribution < 1.29 is 18.7 Å². The maximum atomic E-state index is 12.3. The van der Waals surface area contributed by atoms with E-state index >= 15 is 0 Å². The number of allylic oxidation sites excluding steroid dienone is 1. The third-order valence-corrected chi connectivity index (χ3v) is 13.4. The maximum Gasteiger partial charge on any atom is 0.337 e. The predicted molar refractivity (Wildman–Crippen MR) is 168 cm³/mol. The summed E-state index contributed by atoms with van der Waals surface area (Å²) < 4.78 is 18.1. The molecule has 6 heteroatoms. The number of benzene rings is 2. The van der Waals surface area contributed by atoms with Crippen LogP contribution in [-0.2, 0) is 9.16 Å². The number of ether oxygens (including phenoxy) is 2. The third kappa shape index (κ3) is 6.72. The highest BCUT2D eigenvalue weighted by Gasteiger charge is 2.37. The normalized spacial score (nSPS) is 15.7. The van der Waals surface area contributed by atoms with Crippen LogP contribution in [-0.4, -0.2) is 39.6 Å². The topological polar surface area (TPSA) is 60.6 Å². The zero-order chi connectivity index (χ0) is 28.9. The molecule has 1 atom stereocenters. The highest BCUT2D eigenvalue weighted by atomic mass is 28.4. The monoisotopic (exact) mass is 561 g/mol. The lowest BCUT2D eigenvalue weighted by Crippen LogP contribution is -2.42. The van der Waals surface area contributed by atoms with Crippen molar-refractivity contribution in [3.8, 4) is 17.0 Å². The van der Waals surface area contributed by atoms with E-state index in [9.17, 15) is 4.79 Å². The molecule has 0 bridgehead atoms. The van der Waals surface area contributed by atoms with Gasteiger partial charge in [0.2, 0.25) is 0 Å². The average Bonchev–Trinajstić information content (AvgIpc) is 3.32. The van der Waals surface area contributed by atoms with E-state index in [0.29, 0.717) is 24.7 Å². The van der Waals surface area contributed by atoms with Gasteiger partial charge in [0.15, 0.2) is 8.32 Å². The standard InChI is InChI=1S/C34H47NO4Si/c1-8-14-24(23-39-40(6,7)34(2,3)4)22-38-30-18-13-12-17-28(30)32-31(25-15-10-9-11-16-25)27-20-19-26(33(36)37-5)21-29(27)35-32/h8,12-13,17-21,24-25,35H,1,9-11,14-16,22-23H2,2-7H3/t24-/m0/s1. The number of fused-ring (bicyclic) bond motifs is 1. The molecular weight excluding hydrogens is 514 g/mol. The van der Waals surface area contributed by atoms with Crippen molar-refractivity contribution in [2.24, 2.45) is 5.92 Å². The van der Waals surface area contributed by atoms with E-state index in [1.54, 1.807) is 0 Å². The highest BCUT2D eigenvalue weighted by Crippen LogP contribution is 2.44. The first-order chi connectivity index (χ1) is 19.1. The van der Waals surface area contributed by atoms with Crippen molar-refractivity contribution in [3.63, 3.8) is 0 Å². The Kier molecular flexibility index (Phi) is 9.63. The van der Waals surface area contributed by atoms with Crippen molar-refractivity contribution in [3.05, 3.63) is 66.2 Å². The number of esters is 1. The van der Waals surface area contributed by atoms with Gasteiger partial charge in [0.05, 0.1) is 25.0 Å². The van der Waals surface area contributed by atoms with Crippen LogP contribution >= 0.6 is 0 Å². The molecule has 0 saturated heterocycles. The van der Waals surface area contributed by atoms with Gasteiger partial charge < -0.3 is 18.9 Å². The molecule has 1 fully saturated rings. The van der Waals surface area contributed by atoms with Gasteiger partial charge in [-0.25, -0.2) is 4.79 Å². The third-order valence-electron chi connectivity index (χ3n) is 8.89. The Morgan fingerprint density at radius 2 is 1.82 bits per heavy atom. The molecule has 0 spiro atoms. The van der Waals surface area contributed by atoms with Gasteiger partial charge in [-0.1, -0.05) is 64.3 Å². The first-order valence-electron chi connectivity index (χ1n) is 14.8. The van der Waals surface area contributed by atoms with Gasteiger partial charge in [0.25, 0.3) is 0 Å². The van der Waals surface area contributed by atoms with E-state index in [1.807, 2.05) is 24.3 Å². The van der Waals surface area contributed by atoms with E-state index in [4.69, 9.17) is 13.9 Å². The van der Waals surface area contributed by atoms with Gasteiger partial charge in [-0.15, -0.1) is 6.58 Å². The minimum atomic E-state index is -1.86. The summed E-state index contributed by atoms with van der Waals surface area (Å²) in [5, 5.41) is 1.34. The molecule has 0 amide bonds. The van der Waals surface area contributed by atoms with Crippen molar-refractivity contribution in [1.82, 2.24) is 4.98 Å². The minimum Gasteiger partial charge on any atom is -0.492 e. The van der Waals surface area contributed by atoms with Gasteiger partial charge in [0.1, 0.15) is 5.75 Å². The fourth-order valence-corrected chi connectivity index (χ4v) is 6.55. The molecule has 216 valence electrons. The first-order valence-corrected chi connectivity index (χ1v) is 17.7. The lowest BCUT2D eigenvalue weighted by atomic mass is 9.81. The van der Waals surface area contributed by atoms with Crippen LogP contribution in [0.4, 0.5) is 0 Å². The summed E-state index contributed by atoms with van der Waals surface area (Å²) in [4.78, 5) is 16.0. The molecule has 40 heavy (non-hydrogen) atoms. The van der Waals surface area contributed by atoms with Gasteiger partial charge in [-0.05, 0) is 73.1 Å². The molecule has 1 aliphatic carbocycles. The molecule has 5 nitrogen and oxygen atoms in total. The van der Waals surface area contributed by atoms with Crippen LogP contribution in [0.25, 0.3) is 22.2 Å². The zero-order valence-electron chi connectivity index (χ0n) is 25.3. The molecule has 1 N–H and O–H groups in total. The second kappa shape index (κ2) is 12.8. The first kappa shape index (κ1) is 30.1. The smallest absolute Gasteiger partial charge is 0.337 e. The van der Waals surface area contributed by atoms with Crippen LogP contribution in [0, 0.1) is 5.92 Å². The van der Waals surface area contributed by atoms with E-state index in [-0.39, 0.29) is 16.9 Å². The Morgan fingerprint density at radius 1 is 1.10 bits per heavy atom. The van der Waals surface area contributed by atoms with E-state index in [0.717, 1.165) is 28.9 Å². The summed E-state index contributed by atoms with van der Waals surface area (Å²) in [5.41, 5.74) is 5.00. The Labute approximate surface area is 241 Å². The molecule has 3 aromatic rings. The molecule has 0 aliphatic heterocycles. The quantitative estimate of drug-likeness (QED) is 0.144. The van der Waals surface area contributed by atoms with Crippen molar-refractivity contribution in [2.75, 3.05) is 20.3 Å². The zero-order valence-corrected chi connectivity index (χ0v) is 26.3. The molecule has 1 aromatic heterocycles. The summed E-state index contributed by atoms with van der Waals surface area (Å²) in [5.74, 6) is 1.23. The van der Waals surface area contributed by atoms with Gasteiger partial charge in [-0.2, -0.15) is 0 Å². The molecule has 1 aliphatic rings. The van der Waals surface area contributed by atoms with Crippen molar-refractivity contribution in [2.45, 2.75) is 83.3 Å². The van der Waals surface area contributed by atoms with Crippen LogP contribution in [0.15, 0.2) is 55.1 Å². The molecular formula is C34H47NO4Si. The minimum absolute atomic E-state index is 0.165. The largest absolute Gasteiger partial charge is 0.492 e. The number of aromatic amines is 1. The number of methoxy groups -OCH3 is 1. The number of aromatic nitrogens is 1. The number of para-hydroxylation sites is 1. The van der Waals surface area contributed by atoms with E-state index < -0.39 is 8.32 Å². The molecule has 0 unspecified atom stereocenters. The van der Waals surface area contributed by atoms with Gasteiger partial charge in [0, 0.05) is 29.0 Å². The van der Waals surface area contributed by atoms with E-state index in [2.05, 4.69) is 69.7 Å². The lowest BCUT2D eigenvalue weighted by Gasteiger charge is -2.37. The molecule has 4 rings (SSSR count). The summed E-state index contributed by atoms with van der Waals surface area (Å²) >= 11 is 0. The number of hydrogen-bond acceptors (Lipinski definition) is 4. The molecule has 2 aromatic carbocycles. The maximum absolute atomic E-state index is 12.3. The Balaban J connectivity index is 1.66. The summed E-state index contributed by atoms with van der Waals surface area (Å²) in [7, 11) is -0.436. The highest BCUT2D eigenvalue weighted by molar-refractivity contribution is 6.74. The Morgan fingerprint density at radius 3 is 2.50 bits per heavy atom. The van der Waals surface area contributed by atoms with Crippen molar-refractivity contribution >= 4 is 25.2 Å². The second-order valence-electron chi connectivity index (χ2n) is 12.8. The van der Waals surface area contributed by atoms with Gasteiger partial charge >= 0.3 is 5.97 Å². The predicted octanol–water partition coefficient (Wildman–Crippen LogP) is 9.26. The molecule has 0 radical (unpaired) electrons. The van der Waals surface area contributed by atoms with E-state index in [1.165, 1.54) is 50.2 Å². The number of nitrogens with one attached hydrogen (secondary N) is 1. The fourth-order valence-electron chi connectivity index (χ4n) is 5.46.